The second-order valence-electron chi connectivity index (χ2n) is 6.58. The Bertz CT molecular complexity index is 415. The molecular formula is C18H28BrNO. The van der Waals surface area contributed by atoms with Crippen LogP contribution in [0.15, 0.2) is 28.7 Å². The van der Waals surface area contributed by atoms with Gasteiger partial charge in [-0.05, 0) is 62.2 Å². The highest BCUT2D eigenvalue weighted by Crippen LogP contribution is 2.25. The molecule has 1 saturated heterocycles. The summed E-state index contributed by atoms with van der Waals surface area (Å²) in [5.74, 6) is 1.35. The van der Waals surface area contributed by atoms with Crippen molar-refractivity contribution in [2.75, 3.05) is 19.7 Å². The lowest BCUT2D eigenvalue weighted by Gasteiger charge is -2.22. The molecule has 3 heteroatoms. The monoisotopic (exact) mass is 353 g/mol. The average molecular weight is 354 g/mol. The average Bonchev–Trinajstić information content (AvgIpc) is 2.93. The Morgan fingerprint density at radius 2 is 2.10 bits per heavy atom. The van der Waals surface area contributed by atoms with Gasteiger partial charge in [-0.2, -0.15) is 0 Å². The largest absolute Gasteiger partial charge is 0.378 e. The smallest absolute Gasteiger partial charge is 0.0579 e. The van der Waals surface area contributed by atoms with Crippen LogP contribution < -0.4 is 5.32 Å². The third-order valence-electron chi connectivity index (χ3n) is 4.07. The molecule has 0 bridgehead atoms. The molecule has 2 rings (SSSR count). The molecule has 1 aromatic carbocycles. The van der Waals surface area contributed by atoms with Crippen LogP contribution in [0.5, 0.6) is 0 Å². The Labute approximate surface area is 137 Å². The van der Waals surface area contributed by atoms with Gasteiger partial charge in [0.25, 0.3) is 0 Å². The van der Waals surface area contributed by atoms with Gasteiger partial charge >= 0.3 is 0 Å². The van der Waals surface area contributed by atoms with E-state index in [9.17, 15) is 0 Å². The van der Waals surface area contributed by atoms with Crippen molar-refractivity contribution < 1.29 is 4.74 Å². The van der Waals surface area contributed by atoms with Crippen LogP contribution >= 0.6 is 15.9 Å². The van der Waals surface area contributed by atoms with Gasteiger partial charge in [-0.15, -0.1) is 0 Å². The van der Waals surface area contributed by atoms with Gasteiger partial charge in [0, 0.05) is 11.1 Å². The molecule has 1 N–H and O–H groups in total. The molecule has 0 aliphatic carbocycles. The van der Waals surface area contributed by atoms with E-state index >= 15 is 0 Å². The zero-order chi connectivity index (χ0) is 15.1. The molecule has 1 aliphatic rings. The summed E-state index contributed by atoms with van der Waals surface area (Å²) in [4.78, 5) is 0. The number of rotatable bonds is 8. The van der Waals surface area contributed by atoms with Crippen LogP contribution in [0.2, 0.25) is 0 Å². The SMILES string of the molecule is CC(C)CNCC(Cc1ccccc1Br)CC1CCCO1. The van der Waals surface area contributed by atoms with Gasteiger partial charge < -0.3 is 10.1 Å². The first kappa shape index (κ1) is 17.0. The molecular weight excluding hydrogens is 326 g/mol. The van der Waals surface area contributed by atoms with Gasteiger partial charge in [0.2, 0.25) is 0 Å². The Morgan fingerprint density at radius 1 is 1.29 bits per heavy atom. The minimum Gasteiger partial charge on any atom is -0.378 e. The van der Waals surface area contributed by atoms with Crippen LogP contribution in [0.4, 0.5) is 0 Å². The number of nitrogens with one attached hydrogen (secondary N) is 1. The zero-order valence-electron chi connectivity index (χ0n) is 13.3. The third-order valence-corrected chi connectivity index (χ3v) is 4.85. The van der Waals surface area contributed by atoms with Crippen molar-refractivity contribution in [3.8, 4) is 0 Å². The first-order valence-corrected chi connectivity index (χ1v) is 9.00. The van der Waals surface area contributed by atoms with Crippen molar-refractivity contribution >= 4 is 15.9 Å². The summed E-state index contributed by atoms with van der Waals surface area (Å²) in [6, 6.07) is 8.58. The topological polar surface area (TPSA) is 21.3 Å². The normalized spacial score (nSPS) is 20.1. The minimum atomic E-state index is 0.471. The summed E-state index contributed by atoms with van der Waals surface area (Å²) in [5, 5.41) is 3.63. The van der Waals surface area contributed by atoms with Gasteiger partial charge in [0.15, 0.2) is 0 Å². The predicted molar refractivity (Wildman–Crippen MR) is 92.6 cm³/mol. The van der Waals surface area contributed by atoms with E-state index in [0.29, 0.717) is 17.9 Å². The van der Waals surface area contributed by atoms with Crippen molar-refractivity contribution in [2.45, 2.75) is 45.6 Å². The Balaban J connectivity index is 1.91. The van der Waals surface area contributed by atoms with E-state index in [0.717, 1.165) is 26.1 Å². The summed E-state index contributed by atoms with van der Waals surface area (Å²) in [5.41, 5.74) is 1.41. The molecule has 1 aliphatic heterocycles. The molecule has 1 fully saturated rings. The molecule has 21 heavy (non-hydrogen) atoms. The van der Waals surface area contributed by atoms with Crippen LogP contribution in [-0.2, 0) is 11.2 Å². The summed E-state index contributed by atoms with van der Waals surface area (Å²) in [6.45, 7) is 7.65. The molecule has 1 heterocycles. The van der Waals surface area contributed by atoms with Crippen LogP contribution in [0.3, 0.4) is 0 Å². The number of benzene rings is 1. The highest BCUT2D eigenvalue weighted by Gasteiger charge is 2.21. The lowest BCUT2D eigenvalue weighted by atomic mass is 9.92. The van der Waals surface area contributed by atoms with Gasteiger partial charge in [-0.1, -0.05) is 48.0 Å². The fourth-order valence-electron chi connectivity index (χ4n) is 2.99. The molecule has 1 aromatic rings. The fourth-order valence-corrected chi connectivity index (χ4v) is 3.44. The van der Waals surface area contributed by atoms with Gasteiger partial charge in [-0.25, -0.2) is 0 Å². The Kier molecular flexibility index (Phi) is 7.21. The second kappa shape index (κ2) is 8.92. The lowest BCUT2D eigenvalue weighted by molar-refractivity contribution is 0.0891. The van der Waals surface area contributed by atoms with Crippen LogP contribution in [0.1, 0.15) is 38.7 Å². The van der Waals surface area contributed by atoms with Gasteiger partial charge in [0.1, 0.15) is 0 Å². The van der Waals surface area contributed by atoms with E-state index in [4.69, 9.17) is 4.74 Å². The predicted octanol–water partition coefficient (Wildman–Crippen LogP) is 4.42. The third kappa shape index (κ3) is 6.09. The van der Waals surface area contributed by atoms with Crippen molar-refractivity contribution in [3.63, 3.8) is 0 Å². The highest BCUT2D eigenvalue weighted by atomic mass is 79.9. The van der Waals surface area contributed by atoms with Crippen molar-refractivity contribution in [1.29, 1.82) is 0 Å². The Morgan fingerprint density at radius 3 is 2.76 bits per heavy atom. The van der Waals surface area contributed by atoms with Crippen molar-refractivity contribution in [2.24, 2.45) is 11.8 Å². The quantitative estimate of drug-likeness (QED) is 0.746. The molecule has 118 valence electrons. The number of hydrogen-bond donors (Lipinski definition) is 1. The summed E-state index contributed by atoms with van der Waals surface area (Å²) in [7, 11) is 0. The molecule has 0 aromatic heterocycles. The molecule has 2 unspecified atom stereocenters. The second-order valence-corrected chi connectivity index (χ2v) is 7.44. The molecule has 0 saturated carbocycles. The summed E-state index contributed by atoms with van der Waals surface area (Å²) >= 11 is 3.68. The highest BCUT2D eigenvalue weighted by molar-refractivity contribution is 9.10. The number of ether oxygens (including phenoxy) is 1. The van der Waals surface area contributed by atoms with Crippen molar-refractivity contribution in [1.82, 2.24) is 5.32 Å². The van der Waals surface area contributed by atoms with E-state index in [1.165, 1.54) is 29.3 Å². The molecule has 0 amide bonds. The maximum Gasteiger partial charge on any atom is 0.0579 e. The van der Waals surface area contributed by atoms with E-state index in [1.807, 2.05) is 0 Å². The Hall–Kier alpha value is -0.380. The molecule has 2 atom stereocenters. The van der Waals surface area contributed by atoms with Gasteiger partial charge in [0.05, 0.1) is 6.10 Å². The van der Waals surface area contributed by atoms with E-state index in [-0.39, 0.29) is 0 Å². The molecule has 0 radical (unpaired) electrons. The first-order chi connectivity index (χ1) is 10.1. The van der Waals surface area contributed by atoms with Crippen molar-refractivity contribution in [3.05, 3.63) is 34.3 Å². The minimum absolute atomic E-state index is 0.471. The van der Waals surface area contributed by atoms with Crippen LogP contribution in [-0.4, -0.2) is 25.8 Å². The maximum atomic E-state index is 5.84. The van der Waals surface area contributed by atoms with E-state index in [1.54, 1.807) is 0 Å². The number of halogens is 1. The number of hydrogen-bond acceptors (Lipinski definition) is 2. The standard InChI is InChI=1S/C18H28BrNO/c1-14(2)12-20-13-15(11-17-7-5-9-21-17)10-16-6-3-4-8-18(16)19/h3-4,6,8,14-15,17,20H,5,7,9-13H2,1-2H3. The molecule has 0 spiro atoms. The van der Waals surface area contributed by atoms with Crippen LogP contribution in [0, 0.1) is 11.8 Å². The summed E-state index contributed by atoms with van der Waals surface area (Å²) in [6.07, 6.45) is 5.22. The van der Waals surface area contributed by atoms with E-state index < -0.39 is 0 Å². The van der Waals surface area contributed by atoms with Crippen LogP contribution in [0.25, 0.3) is 0 Å². The van der Waals surface area contributed by atoms with Gasteiger partial charge in [-0.3, -0.25) is 0 Å². The van der Waals surface area contributed by atoms with E-state index in [2.05, 4.69) is 59.4 Å². The summed E-state index contributed by atoms with van der Waals surface area (Å²) < 4.78 is 7.07. The maximum absolute atomic E-state index is 5.84. The first-order valence-electron chi connectivity index (χ1n) is 8.21. The zero-order valence-corrected chi connectivity index (χ0v) is 14.9. The lowest BCUT2D eigenvalue weighted by Crippen LogP contribution is -2.30. The fraction of sp³-hybridized carbons (Fsp3) is 0.667. The molecule has 2 nitrogen and oxygen atoms in total.